The predicted octanol–water partition coefficient (Wildman–Crippen LogP) is -1.20. The second-order valence-electron chi connectivity index (χ2n) is 26.5. The molecular weight excluding hydrogens is 1060 g/mol. The number of methoxy groups -OCH3 is 2. The molecule has 24 nitrogen and oxygen atoms in total. The summed E-state index contributed by atoms with van der Waals surface area (Å²) in [5.74, 6) is -1.71. The minimum atomic E-state index is -2.01. The van der Waals surface area contributed by atoms with Crippen molar-refractivity contribution in [1.29, 1.82) is 0 Å². The van der Waals surface area contributed by atoms with Crippen molar-refractivity contribution < 1.29 is 118 Å². The van der Waals surface area contributed by atoms with E-state index in [2.05, 4.69) is 33.8 Å². The molecule has 4 saturated heterocycles. The second-order valence-corrected chi connectivity index (χ2v) is 26.5. The number of allylic oxidation sites excluding steroid dienone is 2. The van der Waals surface area contributed by atoms with Crippen LogP contribution in [-0.2, 0) is 57.0 Å². The molecule has 9 aliphatic rings. The Hall–Kier alpha value is -2.12. The number of ether oxygens (including phenoxy) is 10. The summed E-state index contributed by atoms with van der Waals surface area (Å²) in [5, 5.41) is 132. The van der Waals surface area contributed by atoms with Gasteiger partial charge in [-0.3, -0.25) is 4.79 Å². The molecule has 4 aliphatic heterocycles. The molecule has 24 heteroatoms. The standard InChI is InChI=1S/C56H90O24/c1-23-32(59)35(62)40(67)46(73-23)77-31-20-51(3,50(70)72-10)19-26-25-11-12-29-53(5)15-14-30(54(6,22-58)28(53)13-16-56(29,8)55(25,7)18-17-52(26,31)4)76-49-44(39(66)38(65)42(78-49)45(69)71-9)80-48-43(37(64)34(61)27(21-57)75-48)79-47-41(68)36(63)33(60)24(2)74-47/h11,23-24,26-44,46-49,57-68H,12-22H2,1-10H3/t23-,24-,26-,27+,28+,29+,30-,31+,32-,33-,34-,35+,36+,37-,38-,39-,40+,41+,42-,43+,44+,46-,47-,48-,49+,51-,52+,53-,54+,55+,56+/m0/s1. The third kappa shape index (κ3) is 9.85. The minimum absolute atomic E-state index is 0.0739. The molecular formula is C56H90O24. The Bertz CT molecular complexity index is 2260. The van der Waals surface area contributed by atoms with E-state index in [1.807, 2.05) is 13.8 Å². The number of aliphatic hydroxyl groups is 12. The number of aliphatic hydroxyl groups excluding tert-OH is 12. The van der Waals surface area contributed by atoms with Crippen LogP contribution in [0, 0.1) is 50.2 Å². The molecule has 31 atom stereocenters. The molecule has 458 valence electrons. The molecule has 0 bridgehead atoms. The average Bonchev–Trinajstić information content (AvgIpc) is 3.17. The van der Waals surface area contributed by atoms with Gasteiger partial charge in [0.2, 0.25) is 0 Å². The summed E-state index contributed by atoms with van der Waals surface area (Å²) in [7, 11) is 2.44. The molecule has 9 rings (SSSR count). The van der Waals surface area contributed by atoms with Gasteiger partial charge in [0.1, 0.15) is 79.4 Å². The molecule has 0 amide bonds. The zero-order valence-corrected chi connectivity index (χ0v) is 47.6. The molecule has 4 heterocycles. The van der Waals surface area contributed by atoms with Gasteiger partial charge >= 0.3 is 11.9 Å². The second kappa shape index (κ2) is 22.6. The number of esters is 2. The molecule has 0 unspecified atom stereocenters. The van der Waals surface area contributed by atoms with Gasteiger partial charge in [-0.2, -0.15) is 0 Å². The maximum Gasteiger partial charge on any atom is 0.337 e. The highest BCUT2D eigenvalue weighted by molar-refractivity contribution is 5.77. The first-order valence-corrected chi connectivity index (χ1v) is 28.6. The van der Waals surface area contributed by atoms with E-state index in [0.29, 0.717) is 38.5 Å². The van der Waals surface area contributed by atoms with Crippen molar-refractivity contribution >= 4 is 11.9 Å². The summed E-state index contributed by atoms with van der Waals surface area (Å²) in [6, 6.07) is 0. The number of hydrogen-bond acceptors (Lipinski definition) is 24. The van der Waals surface area contributed by atoms with E-state index >= 15 is 0 Å². The minimum Gasteiger partial charge on any atom is -0.469 e. The topological polar surface area (TPSA) is 369 Å². The van der Waals surface area contributed by atoms with Crippen LogP contribution in [0.15, 0.2) is 11.6 Å². The first-order chi connectivity index (χ1) is 37.4. The van der Waals surface area contributed by atoms with Gasteiger partial charge in [0.25, 0.3) is 0 Å². The van der Waals surface area contributed by atoms with Crippen LogP contribution in [0.5, 0.6) is 0 Å². The largest absolute Gasteiger partial charge is 0.469 e. The normalized spacial score (nSPS) is 55.1. The molecule has 0 aromatic carbocycles. The lowest BCUT2D eigenvalue weighted by atomic mass is 9.33. The van der Waals surface area contributed by atoms with Crippen LogP contribution in [0.4, 0.5) is 0 Å². The zero-order valence-electron chi connectivity index (χ0n) is 47.6. The fourth-order valence-electron chi connectivity index (χ4n) is 16.9. The van der Waals surface area contributed by atoms with Crippen LogP contribution in [-0.4, -0.2) is 236 Å². The Labute approximate surface area is 466 Å². The van der Waals surface area contributed by atoms with Crippen molar-refractivity contribution in [3.63, 3.8) is 0 Å². The van der Waals surface area contributed by atoms with Crippen LogP contribution in [0.25, 0.3) is 0 Å². The van der Waals surface area contributed by atoms with Crippen molar-refractivity contribution in [2.24, 2.45) is 50.2 Å². The highest BCUT2D eigenvalue weighted by atomic mass is 16.8. The van der Waals surface area contributed by atoms with E-state index in [1.165, 1.54) is 19.6 Å². The van der Waals surface area contributed by atoms with E-state index in [0.717, 1.165) is 20.0 Å². The maximum atomic E-state index is 13.8. The molecule has 0 aromatic rings. The average molecular weight is 1150 g/mol. The Balaban J connectivity index is 1.00. The fraction of sp³-hybridized carbons (Fsp3) is 0.929. The van der Waals surface area contributed by atoms with Crippen molar-refractivity contribution in [2.75, 3.05) is 27.4 Å². The van der Waals surface area contributed by atoms with Gasteiger partial charge in [-0.1, -0.05) is 46.3 Å². The Morgan fingerprint density at radius 3 is 1.70 bits per heavy atom. The van der Waals surface area contributed by atoms with E-state index in [1.54, 1.807) is 6.92 Å². The van der Waals surface area contributed by atoms with Gasteiger partial charge in [-0.15, -0.1) is 0 Å². The van der Waals surface area contributed by atoms with Crippen LogP contribution >= 0.6 is 0 Å². The number of fused-ring (bicyclic) bond motifs is 7. The molecule has 0 spiro atoms. The van der Waals surface area contributed by atoms with E-state index in [4.69, 9.17) is 47.4 Å². The van der Waals surface area contributed by atoms with Gasteiger partial charge in [-0.25, -0.2) is 4.79 Å². The predicted molar refractivity (Wildman–Crippen MR) is 273 cm³/mol. The summed E-state index contributed by atoms with van der Waals surface area (Å²) in [4.78, 5) is 27.0. The molecule has 5 aliphatic carbocycles. The molecule has 8 fully saturated rings. The monoisotopic (exact) mass is 1150 g/mol. The highest BCUT2D eigenvalue weighted by Gasteiger charge is 2.71. The summed E-state index contributed by atoms with van der Waals surface area (Å²) >= 11 is 0. The van der Waals surface area contributed by atoms with Crippen LogP contribution in [0.1, 0.15) is 113 Å². The van der Waals surface area contributed by atoms with Crippen molar-refractivity contribution in [3.8, 4) is 0 Å². The van der Waals surface area contributed by atoms with Gasteiger partial charge in [0.05, 0.1) is 57.3 Å². The van der Waals surface area contributed by atoms with E-state index in [9.17, 15) is 70.9 Å². The van der Waals surface area contributed by atoms with Gasteiger partial charge in [0, 0.05) is 10.8 Å². The lowest BCUT2D eigenvalue weighted by molar-refractivity contribution is -0.396. The molecule has 12 N–H and O–H groups in total. The van der Waals surface area contributed by atoms with Gasteiger partial charge in [0.15, 0.2) is 31.3 Å². The summed E-state index contributed by atoms with van der Waals surface area (Å²) in [6.45, 7) is 14.8. The summed E-state index contributed by atoms with van der Waals surface area (Å²) in [6.07, 6.45) is -26.6. The Morgan fingerprint density at radius 1 is 0.562 bits per heavy atom. The van der Waals surface area contributed by atoms with Crippen molar-refractivity contribution in [3.05, 3.63) is 11.6 Å². The molecule has 0 aromatic heterocycles. The third-order valence-corrected chi connectivity index (χ3v) is 22.2. The fourth-order valence-corrected chi connectivity index (χ4v) is 16.9. The first kappa shape index (κ1) is 62.4. The van der Waals surface area contributed by atoms with Crippen molar-refractivity contribution in [2.45, 2.75) is 248 Å². The lowest BCUT2D eigenvalue weighted by Gasteiger charge is -2.72. The number of carbonyl (C=O) groups is 2. The summed E-state index contributed by atoms with van der Waals surface area (Å²) < 4.78 is 59.9. The highest BCUT2D eigenvalue weighted by Crippen LogP contribution is 2.76. The van der Waals surface area contributed by atoms with Crippen LogP contribution in [0.3, 0.4) is 0 Å². The summed E-state index contributed by atoms with van der Waals surface area (Å²) in [5.41, 5.74) is -2.41. The quantitative estimate of drug-likeness (QED) is 0.0620. The zero-order chi connectivity index (χ0) is 58.7. The third-order valence-electron chi connectivity index (χ3n) is 22.2. The Morgan fingerprint density at radius 2 is 1.12 bits per heavy atom. The van der Waals surface area contributed by atoms with E-state index < -0.39 is 169 Å². The number of hydrogen-bond donors (Lipinski definition) is 12. The smallest absolute Gasteiger partial charge is 0.337 e. The SMILES string of the molecule is COC(=O)[C@H]1O[C@@H](O[C@H]2CC[C@@]3(C)[C@@H](CC[C@]4(C)[C@@H]3CC=C3[C@@H]5C[C@](C)(C(=O)OC)C[C@@H](O[C@@H]6O[C@@H](C)[C@H](O)[C@@H](O)[C@H]6O)[C@]5(C)CC[C@]34C)[C@@]2(C)CO)[C@H](O[C@@H]2O[C@H](CO)[C@H](O)[C@H](O)[C@H]2O[C@@H]2O[C@@H](C)[C@H](O)[C@@H](O)[C@H]2O)[C@@H](O)[C@@H]1O. The molecule has 80 heavy (non-hydrogen) atoms. The Kier molecular flexibility index (Phi) is 17.6. The van der Waals surface area contributed by atoms with Gasteiger partial charge in [-0.05, 0) is 113 Å². The van der Waals surface area contributed by atoms with Crippen molar-refractivity contribution in [1.82, 2.24) is 0 Å². The van der Waals surface area contributed by atoms with Crippen LogP contribution in [0.2, 0.25) is 0 Å². The maximum absolute atomic E-state index is 13.8. The number of rotatable bonds is 12. The van der Waals surface area contributed by atoms with Gasteiger partial charge < -0.3 is 109 Å². The lowest BCUT2D eigenvalue weighted by Crippen LogP contribution is -2.68. The van der Waals surface area contributed by atoms with E-state index in [-0.39, 0.29) is 47.6 Å². The molecule has 0 radical (unpaired) electrons. The molecule has 4 saturated carbocycles. The number of carbonyl (C=O) groups excluding carboxylic acids is 2. The first-order valence-electron chi connectivity index (χ1n) is 28.6. The van der Waals surface area contributed by atoms with Crippen LogP contribution < -0.4 is 0 Å².